The first kappa shape index (κ1) is 20.0. The van der Waals surface area contributed by atoms with Crippen molar-refractivity contribution in [2.45, 2.75) is 6.67 Å². The molecule has 2 heterocycles. The lowest BCUT2D eigenvalue weighted by Crippen LogP contribution is -2.46. The fourth-order valence-electron chi connectivity index (χ4n) is 3.31. The van der Waals surface area contributed by atoms with Crippen molar-refractivity contribution < 1.29 is 0 Å². The minimum atomic E-state index is 0.584. The van der Waals surface area contributed by atoms with Crippen LogP contribution in [0.5, 0.6) is 0 Å². The molecule has 1 aromatic heterocycles. The van der Waals surface area contributed by atoms with Gasteiger partial charge >= 0.3 is 0 Å². The predicted octanol–water partition coefficient (Wildman–Crippen LogP) is 3.74. The third-order valence-corrected chi connectivity index (χ3v) is 5.62. The van der Waals surface area contributed by atoms with E-state index in [1.807, 2.05) is 30.3 Å². The Morgan fingerprint density at radius 1 is 0.897 bits per heavy atom. The summed E-state index contributed by atoms with van der Waals surface area (Å²) in [6.07, 6.45) is 4.42. The Labute approximate surface area is 180 Å². The summed E-state index contributed by atoms with van der Waals surface area (Å²) in [5.41, 5.74) is 2.10. The van der Waals surface area contributed by atoms with Gasteiger partial charge < -0.3 is 0 Å². The number of aromatic nitrogens is 4. The first-order chi connectivity index (χ1) is 14.2. The van der Waals surface area contributed by atoms with Gasteiger partial charge in [0.05, 0.1) is 12.4 Å². The molecule has 6 nitrogen and oxygen atoms in total. The predicted molar refractivity (Wildman–Crippen MR) is 119 cm³/mol. The molecule has 2 aromatic carbocycles. The van der Waals surface area contributed by atoms with Gasteiger partial charge in [-0.05, 0) is 52.5 Å². The summed E-state index contributed by atoms with van der Waals surface area (Å²) in [4.78, 5) is 4.81. The maximum Gasteiger partial charge on any atom is 0.221 e. The van der Waals surface area contributed by atoms with Gasteiger partial charge in [-0.3, -0.25) is 9.80 Å². The molecule has 0 aliphatic carbocycles. The summed E-state index contributed by atoms with van der Waals surface area (Å²) in [6, 6.07) is 17.8. The van der Waals surface area contributed by atoms with Crippen LogP contribution in [0.3, 0.4) is 0 Å². The van der Waals surface area contributed by atoms with Crippen molar-refractivity contribution in [3.8, 4) is 5.69 Å². The average molecular weight is 427 g/mol. The van der Waals surface area contributed by atoms with Crippen LogP contribution < -0.4 is 0 Å². The van der Waals surface area contributed by atoms with E-state index >= 15 is 0 Å². The third-order valence-electron chi connectivity index (χ3n) is 4.98. The second-order valence-electron chi connectivity index (χ2n) is 7.02. The molecule has 0 saturated carbocycles. The fourth-order valence-corrected chi connectivity index (χ4v) is 3.67. The normalized spacial score (nSPS) is 15.9. The first-order valence-electron chi connectivity index (χ1n) is 9.64. The Hall–Kier alpha value is -2.32. The molecule has 1 aliphatic rings. The number of tetrazole rings is 1. The Kier molecular flexibility index (Phi) is 6.51. The fraction of sp³-hybridized carbons (Fsp3) is 0.286. The summed E-state index contributed by atoms with van der Waals surface area (Å²) in [5, 5.41) is 9.12. The van der Waals surface area contributed by atoms with Crippen LogP contribution in [-0.4, -0.2) is 62.3 Å². The molecule has 0 N–H and O–H groups in total. The minimum absolute atomic E-state index is 0.584. The summed E-state index contributed by atoms with van der Waals surface area (Å²) in [7, 11) is 0. The van der Waals surface area contributed by atoms with Gasteiger partial charge in [-0.1, -0.05) is 54.1 Å². The summed E-state index contributed by atoms with van der Waals surface area (Å²) >= 11 is 11.5. The van der Waals surface area contributed by atoms with E-state index in [1.165, 1.54) is 5.56 Å². The zero-order chi connectivity index (χ0) is 20.1. The maximum absolute atomic E-state index is 5.96. The summed E-state index contributed by atoms with van der Waals surface area (Å²) < 4.78 is 4.02. The molecule has 0 bridgehead atoms. The van der Waals surface area contributed by atoms with Crippen LogP contribution in [0.2, 0.25) is 5.02 Å². The lowest BCUT2D eigenvalue weighted by Gasteiger charge is -2.33. The van der Waals surface area contributed by atoms with Gasteiger partial charge in [0.2, 0.25) is 4.77 Å². The van der Waals surface area contributed by atoms with Crippen molar-refractivity contribution in [2.75, 3.05) is 32.7 Å². The van der Waals surface area contributed by atoms with E-state index < -0.39 is 0 Å². The summed E-state index contributed by atoms with van der Waals surface area (Å²) in [6.45, 7) is 5.63. The molecule has 150 valence electrons. The van der Waals surface area contributed by atoms with Crippen LogP contribution in [0.15, 0.2) is 60.7 Å². The van der Waals surface area contributed by atoms with Crippen molar-refractivity contribution in [2.24, 2.45) is 0 Å². The number of benzene rings is 2. The zero-order valence-corrected chi connectivity index (χ0v) is 17.6. The zero-order valence-electron chi connectivity index (χ0n) is 16.1. The quantitative estimate of drug-likeness (QED) is 0.562. The molecule has 0 spiro atoms. The molecule has 1 fully saturated rings. The SMILES string of the molecule is S=c1n(CN2CCN(CC=Cc3ccccc3)CC2)nnn1-c1ccc(Cl)cc1. The van der Waals surface area contributed by atoms with Gasteiger partial charge in [-0.25, -0.2) is 4.68 Å². The molecular formula is C21H23ClN6S. The van der Waals surface area contributed by atoms with E-state index in [2.05, 4.69) is 56.6 Å². The Morgan fingerprint density at radius 3 is 2.31 bits per heavy atom. The largest absolute Gasteiger partial charge is 0.297 e. The molecule has 1 saturated heterocycles. The van der Waals surface area contributed by atoms with E-state index in [9.17, 15) is 0 Å². The molecule has 0 atom stereocenters. The first-order valence-corrected chi connectivity index (χ1v) is 10.4. The lowest BCUT2D eigenvalue weighted by molar-refractivity contribution is 0.109. The molecular weight excluding hydrogens is 404 g/mol. The Balaban J connectivity index is 1.29. The average Bonchev–Trinajstić information content (AvgIpc) is 3.11. The molecule has 0 amide bonds. The van der Waals surface area contributed by atoms with Gasteiger partial charge in [0.1, 0.15) is 0 Å². The lowest BCUT2D eigenvalue weighted by atomic mass is 10.2. The molecule has 1 aliphatic heterocycles. The Morgan fingerprint density at radius 2 is 1.59 bits per heavy atom. The molecule has 0 unspecified atom stereocenters. The monoisotopic (exact) mass is 426 g/mol. The van der Waals surface area contributed by atoms with Crippen molar-refractivity contribution in [1.29, 1.82) is 0 Å². The topological polar surface area (TPSA) is 42.1 Å². The van der Waals surface area contributed by atoms with Gasteiger partial charge in [0, 0.05) is 37.7 Å². The molecule has 0 radical (unpaired) electrons. The second kappa shape index (κ2) is 9.45. The summed E-state index contributed by atoms with van der Waals surface area (Å²) in [5.74, 6) is 0. The molecule has 4 rings (SSSR count). The van der Waals surface area contributed by atoms with Crippen LogP contribution in [-0.2, 0) is 6.67 Å². The van der Waals surface area contributed by atoms with Gasteiger partial charge in [-0.15, -0.1) is 0 Å². The molecule has 8 heteroatoms. The highest BCUT2D eigenvalue weighted by Gasteiger charge is 2.17. The van der Waals surface area contributed by atoms with Crippen molar-refractivity contribution in [3.63, 3.8) is 0 Å². The van der Waals surface area contributed by atoms with Crippen molar-refractivity contribution in [3.05, 3.63) is 76.0 Å². The second-order valence-corrected chi connectivity index (χ2v) is 7.82. The Bertz CT molecular complexity index is 1000. The van der Waals surface area contributed by atoms with Gasteiger partial charge in [0.15, 0.2) is 0 Å². The highest BCUT2D eigenvalue weighted by atomic mass is 35.5. The van der Waals surface area contributed by atoms with Crippen molar-refractivity contribution in [1.82, 2.24) is 29.6 Å². The number of rotatable bonds is 6. The van der Waals surface area contributed by atoms with E-state index in [0.29, 0.717) is 16.5 Å². The number of piperazine rings is 1. The number of halogens is 1. The number of nitrogens with zero attached hydrogens (tertiary/aromatic N) is 6. The van der Waals surface area contributed by atoms with Crippen LogP contribution in [0.25, 0.3) is 11.8 Å². The van der Waals surface area contributed by atoms with E-state index in [-0.39, 0.29) is 0 Å². The van der Waals surface area contributed by atoms with Gasteiger partial charge in [-0.2, -0.15) is 4.68 Å². The van der Waals surface area contributed by atoms with Crippen molar-refractivity contribution >= 4 is 29.9 Å². The third kappa shape index (κ3) is 5.19. The molecule has 29 heavy (non-hydrogen) atoms. The van der Waals surface area contributed by atoms with Crippen LogP contribution in [0.4, 0.5) is 0 Å². The minimum Gasteiger partial charge on any atom is -0.297 e. The maximum atomic E-state index is 5.96. The highest BCUT2D eigenvalue weighted by Crippen LogP contribution is 2.13. The number of hydrogen-bond donors (Lipinski definition) is 0. The number of hydrogen-bond acceptors (Lipinski definition) is 5. The van der Waals surface area contributed by atoms with Crippen LogP contribution in [0.1, 0.15) is 5.56 Å². The van der Waals surface area contributed by atoms with E-state index in [4.69, 9.17) is 23.8 Å². The standard InChI is InChI=1S/C21H23ClN6S/c22-19-8-10-20(11-9-19)28-21(29)27(23-24-28)17-26-15-13-25(14-16-26)12-4-7-18-5-2-1-3-6-18/h1-11H,12-17H2. The molecule has 3 aromatic rings. The van der Waals surface area contributed by atoms with Crippen LogP contribution in [0, 0.1) is 4.77 Å². The highest BCUT2D eigenvalue weighted by molar-refractivity contribution is 7.71. The smallest absolute Gasteiger partial charge is 0.221 e. The van der Waals surface area contributed by atoms with E-state index in [1.54, 1.807) is 9.36 Å². The van der Waals surface area contributed by atoms with Gasteiger partial charge in [0.25, 0.3) is 0 Å². The van der Waals surface area contributed by atoms with E-state index in [0.717, 1.165) is 38.4 Å². The van der Waals surface area contributed by atoms with Crippen LogP contribution >= 0.6 is 23.8 Å².